The van der Waals surface area contributed by atoms with Crippen LogP contribution in [0.4, 0.5) is 5.82 Å². The Morgan fingerprint density at radius 1 is 1.67 bits per heavy atom. The average Bonchev–Trinajstić information content (AvgIpc) is 2.65. The van der Waals surface area contributed by atoms with Crippen molar-refractivity contribution in [3.05, 3.63) is 33.9 Å². The van der Waals surface area contributed by atoms with E-state index < -0.39 is 24.1 Å². The zero-order chi connectivity index (χ0) is 13.3. The average molecular weight is 274 g/mol. The van der Waals surface area contributed by atoms with Gasteiger partial charge in [0, 0.05) is 17.3 Å². The fraction of sp³-hybridized carbons (Fsp3) is 0.400. The van der Waals surface area contributed by atoms with E-state index in [-0.39, 0.29) is 18.0 Å². The van der Waals surface area contributed by atoms with Crippen molar-refractivity contribution in [3.63, 3.8) is 0 Å². The van der Waals surface area contributed by atoms with Crippen LogP contribution in [0, 0.1) is 0 Å². The first-order valence-corrected chi connectivity index (χ1v) is 5.61. The highest BCUT2D eigenvalue weighted by Gasteiger charge is 2.39. The molecule has 0 aliphatic carbocycles. The molecule has 1 aromatic rings. The van der Waals surface area contributed by atoms with Crippen LogP contribution in [0.25, 0.3) is 0 Å². The van der Waals surface area contributed by atoms with Crippen LogP contribution < -0.4 is 11.4 Å². The fourth-order valence-corrected chi connectivity index (χ4v) is 2.01. The van der Waals surface area contributed by atoms with Crippen LogP contribution >= 0.6 is 11.6 Å². The van der Waals surface area contributed by atoms with E-state index >= 15 is 0 Å². The molecule has 2 rings (SSSR count). The summed E-state index contributed by atoms with van der Waals surface area (Å²) in [6, 6.07) is 1.43. The number of nitrogen functional groups attached to an aromatic ring is 1. The van der Waals surface area contributed by atoms with Gasteiger partial charge in [0.2, 0.25) is 0 Å². The van der Waals surface area contributed by atoms with Gasteiger partial charge in [-0.3, -0.25) is 4.57 Å². The minimum absolute atomic E-state index is 0.0879. The third kappa shape index (κ3) is 2.13. The van der Waals surface area contributed by atoms with Gasteiger partial charge in [-0.25, -0.2) is 4.79 Å². The number of nitrogens with two attached hydrogens (primary N) is 1. The molecule has 1 saturated heterocycles. The first-order valence-electron chi connectivity index (χ1n) is 5.17. The molecule has 8 heteroatoms. The van der Waals surface area contributed by atoms with Crippen molar-refractivity contribution in [1.29, 1.82) is 0 Å². The minimum Gasteiger partial charge on any atom is -0.394 e. The Balaban J connectivity index is 2.41. The van der Waals surface area contributed by atoms with E-state index in [1.165, 1.54) is 12.3 Å². The summed E-state index contributed by atoms with van der Waals surface area (Å²) in [5, 5.41) is 18.9. The van der Waals surface area contributed by atoms with E-state index in [1.807, 2.05) is 0 Å². The largest absolute Gasteiger partial charge is 0.394 e. The molecule has 3 atom stereocenters. The van der Waals surface area contributed by atoms with Gasteiger partial charge in [0.05, 0.1) is 6.61 Å². The molecule has 1 fully saturated rings. The highest BCUT2D eigenvalue weighted by atomic mass is 35.5. The molecule has 0 amide bonds. The number of nitrogens with zero attached hydrogens (tertiary/aromatic N) is 2. The normalized spacial score (nSPS) is 29.9. The Morgan fingerprint density at radius 3 is 2.94 bits per heavy atom. The molecule has 0 bridgehead atoms. The molecule has 0 aromatic carbocycles. The van der Waals surface area contributed by atoms with Gasteiger partial charge in [-0.05, 0) is 6.07 Å². The Hall–Kier alpha value is -1.41. The number of rotatable bonds is 2. The molecule has 4 N–H and O–H groups in total. The summed E-state index contributed by atoms with van der Waals surface area (Å²) in [6.45, 7) is -0.386. The zero-order valence-corrected chi connectivity index (χ0v) is 9.99. The molecule has 0 spiro atoms. The van der Waals surface area contributed by atoms with Crippen LogP contribution in [-0.2, 0) is 4.74 Å². The van der Waals surface area contributed by atoms with Crippen molar-refractivity contribution < 1.29 is 14.9 Å². The maximum Gasteiger partial charge on any atom is 0.351 e. The molecule has 98 valence electrons. The van der Waals surface area contributed by atoms with Gasteiger partial charge in [-0.15, -0.1) is 0 Å². The lowest BCUT2D eigenvalue weighted by molar-refractivity contribution is -0.0447. The van der Waals surface area contributed by atoms with Gasteiger partial charge in [-0.2, -0.15) is 4.98 Å². The number of hydrogen-bond acceptors (Lipinski definition) is 6. The smallest absolute Gasteiger partial charge is 0.351 e. The number of anilines is 1. The van der Waals surface area contributed by atoms with Crippen LogP contribution in [-0.4, -0.2) is 38.6 Å². The summed E-state index contributed by atoms with van der Waals surface area (Å²) in [5.41, 5.74) is 6.17. The Labute approximate surface area is 107 Å². The lowest BCUT2D eigenvalue weighted by atomic mass is 10.1. The standard InChI is InChI=1S/C10H12ClN3O4/c11-3-5-8(16)6(4-15)18-9(5)14-2-1-7(12)13-10(14)17/h1-3,6,8-9,15-16H,4H2,(H2,12,13,17)/b5-3+/t6-,8?,9-/m1/s1. The van der Waals surface area contributed by atoms with Gasteiger partial charge in [-0.1, -0.05) is 11.6 Å². The lowest BCUT2D eigenvalue weighted by Crippen LogP contribution is -2.28. The summed E-state index contributed by atoms with van der Waals surface area (Å²) in [5.74, 6) is 0.0879. The quantitative estimate of drug-likeness (QED) is 0.650. The molecule has 1 unspecified atom stereocenters. The van der Waals surface area contributed by atoms with Gasteiger partial charge >= 0.3 is 5.69 Å². The van der Waals surface area contributed by atoms with Crippen LogP contribution in [0.1, 0.15) is 6.23 Å². The molecular weight excluding hydrogens is 262 g/mol. The van der Waals surface area contributed by atoms with Gasteiger partial charge in [0.1, 0.15) is 18.0 Å². The number of halogens is 1. The fourth-order valence-electron chi connectivity index (χ4n) is 1.77. The van der Waals surface area contributed by atoms with Crippen LogP contribution in [0.15, 0.2) is 28.2 Å². The Kier molecular flexibility index (Phi) is 3.67. The van der Waals surface area contributed by atoms with E-state index in [9.17, 15) is 9.90 Å². The van der Waals surface area contributed by atoms with E-state index in [2.05, 4.69) is 4.98 Å². The summed E-state index contributed by atoms with van der Waals surface area (Å²) in [4.78, 5) is 15.2. The maximum atomic E-state index is 11.7. The molecular formula is C10H12ClN3O4. The topological polar surface area (TPSA) is 111 Å². The van der Waals surface area contributed by atoms with Crippen LogP contribution in [0.2, 0.25) is 0 Å². The van der Waals surface area contributed by atoms with Gasteiger partial charge < -0.3 is 20.7 Å². The number of ether oxygens (including phenoxy) is 1. The van der Waals surface area contributed by atoms with Crippen molar-refractivity contribution >= 4 is 17.4 Å². The van der Waals surface area contributed by atoms with Crippen molar-refractivity contribution in [1.82, 2.24) is 9.55 Å². The van der Waals surface area contributed by atoms with Crippen LogP contribution in [0.5, 0.6) is 0 Å². The van der Waals surface area contributed by atoms with Gasteiger partial charge in [0.15, 0.2) is 6.23 Å². The van der Waals surface area contributed by atoms with E-state index in [0.717, 1.165) is 10.1 Å². The van der Waals surface area contributed by atoms with Crippen molar-refractivity contribution in [2.45, 2.75) is 18.4 Å². The van der Waals surface area contributed by atoms with Crippen molar-refractivity contribution in [2.75, 3.05) is 12.3 Å². The summed E-state index contributed by atoms with van der Waals surface area (Å²) in [6.07, 6.45) is -1.40. The molecule has 1 aliphatic rings. The highest BCUT2D eigenvalue weighted by Crippen LogP contribution is 2.33. The number of hydrogen-bond donors (Lipinski definition) is 3. The summed E-state index contributed by atoms with van der Waals surface area (Å²) in [7, 11) is 0. The van der Waals surface area contributed by atoms with E-state index in [4.69, 9.17) is 27.2 Å². The van der Waals surface area contributed by atoms with E-state index in [1.54, 1.807) is 0 Å². The van der Waals surface area contributed by atoms with E-state index in [0.29, 0.717) is 0 Å². The summed E-state index contributed by atoms with van der Waals surface area (Å²) >= 11 is 5.61. The minimum atomic E-state index is -1.07. The molecule has 18 heavy (non-hydrogen) atoms. The second-order valence-corrected chi connectivity index (χ2v) is 4.02. The Bertz CT molecular complexity index is 530. The second kappa shape index (κ2) is 5.07. The third-order valence-corrected chi connectivity index (χ3v) is 2.94. The molecule has 1 aliphatic heterocycles. The Morgan fingerprint density at radius 2 is 2.39 bits per heavy atom. The molecule has 0 saturated carbocycles. The van der Waals surface area contributed by atoms with Crippen molar-refractivity contribution in [2.24, 2.45) is 0 Å². The lowest BCUT2D eigenvalue weighted by Gasteiger charge is -2.14. The highest BCUT2D eigenvalue weighted by molar-refractivity contribution is 6.25. The van der Waals surface area contributed by atoms with Crippen LogP contribution in [0.3, 0.4) is 0 Å². The molecule has 1 aromatic heterocycles. The van der Waals surface area contributed by atoms with Crippen molar-refractivity contribution in [3.8, 4) is 0 Å². The molecule has 7 nitrogen and oxygen atoms in total. The summed E-state index contributed by atoms with van der Waals surface area (Å²) < 4.78 is 6.50. The first-order chi connectivity index (χ1) is 8.58. The predicted molar refractivity (Wildman–Crippen MR) is 63.8 cm³/mol. The number of aliphatic hydroxyl groups excluding tert-OH is 2. The maximum absolute atomic E-state index is 11.7. The number of aliphatic hydroxyl groups is 2. The van der Waals surface area contributed by atoms with Gasteiger partial charge in [0.25, 0.3) is 0 Å². The first kappa shape index (κ1) is 13.0. The number of aromatic nitrogens is 2. The zero-order valence-electron chi connectivity index (χ0n) is 9.23. The monoisotopic (exact) mass is 273 g/mol. The molecule has 0 radical (unpaired) electrons. The third-order valence-electron chi connectivity index (χ3n) is 2.69. The second-order valence-electron chi connectivity index (χ2n) is 3.81. The predicted octanol–water partition coefficient (Wildman–Crippen LogP) is -0.801. The molecule has 2 heterocycles. The SMILES string of the molecule is Nc1ccn([C@@H]2O[C@H](CO)C(O)/C2=C\Cl)c(=O)n1.